The number of rotatable bonds is 8. The Labute approximate surface area is 434 Å². The molecule has 9 nitrogen and oxygen atoms in total. The second kappa shape index (κ2) is 24.3. The van der Waals surface area contributed by atoms with Gasteiger partial charge in [0.1, 0.15) is 13.2 Å². The number of H-pyrrole nitrogens is 2. The predicted octanol–water partition coefficient (Wildman–Crippen LogP) is 12.1. The topological polar surface area (TPSA) is 120 Å². The molecule has 0 bridgehead atoms. The molecule has 14 heteroatoms. The second-order valence-corrected chi connectivity index (χ2v) is 18.0. The Kier molecular flexibility index (Phi) is 17.3. The Bertz CT molecular complexity index is 3000. The Hall–Kier alpha value is -6.61. The van der Waals surface area contributed by atoms with Gasteiger partial charge in [0.15, 0.2) is 17.8 Å². The third kappa shape index (κ3) is 11.0. The van der Waals surface area contributed by atoms with Crippen molar-refractivity contribution in [3.05, 3.63) is 228 Å². The van der Waals surface area contributed by atoms with E-state index in [0.717, 1.165) is 0 Å². The van der Waals surface area contributed by atoms with Crippen molar-refractivity contribution >= 4 is 81.2 Å². The first-order chi connectivity index (χ1) is 34.4. The van der Waals surface area contributed by atoms with E-state index in [-0.39, 0.29) is 24.4 Å². The molecule has 2 aromatic heterocycles. The van der Waals surface area contributed by atoms with Crippen molar-refractivity contribution in [3.8, 4) is 33.4 Å². The molecule has 0 saturated carbocycles. The molecule has 0 fully saturated rings. The molecule has 3 aliphatic carbocycles. The highest BCUT2D eigenvalue weighted by Gasteiger charge is 2.31. The fraction of sp³-hybridized carbons (Fsp3) is 0.143. The molecule has 4 aliphatic rings. The normalized spacial score (nSPS) is 12.8. The number of fused-ring (bicyclic) bond motifs is 9. The molecule has 12 rings (SSSR count). The summed E-state index contributed by atoms with van der Waals surface area (Å²) >= 11 is 20.5. The Morgan fingerprint density at radius 2 is 0.943 bits per heavy atom. The van der Waals surface area contributed by atoms with Crippen LogP contribution in [0.2, 0.25) is 0 Å². The largest absolute Gasteiger partial charge is 0.480 e. The average molecular weight is 1010 g/mol. The number of aliphatic hydroxyl groups excluding tert-OH is 1. The first-order valence-corrected chi connectivity index (χ1v) is 25.7. The minimum Gasteiger partial charge on any atom is -0.480 e. The van der Waals surface area contributed by atoms with Gasteiger partial charge in [0, 0.05) is 47.5 Å². The summed E-state index contributed by atoms with van der Waals surface area (Å²) in [4.78, 5) is 18.5. The zero-order chi connectivity index (χ0) is 48.8. The van der Waals surface area contributed by atoms with Crippen LogP contribution in [0, 0.1) is 6.20 Å². The molecule has 8 aromatic rings. The first kappa shape index (κ1) is 49.8. The van der Waals surface area contributed by atoms with E-state index >= 15 is 0 Å². The standard InChI is InChI=1S/C18H14N2OS.C16H14OS2.C14H12O.C7H4N4S.CH4S/c22-18(17-19-9-10-20-17)21-11-16-14-7-3-1-5-12(14)13-6-2-4-8-15(13)16;1-19-16(18)17-10-15-13-8-4-2-6-11(13)12-7-3-5-9-14(12)15;15-9-14-12-7-3-1-5-10(12)11-6-2-4-8-13(11)14;12-5(6-8-1-2-9-6)7-10-3-4-11-7;1-2/h1-10,16H,11H2,(H,19,20);2-9,15H,10H2,1H3;1-8,14-15H,9H2;1-3H,(H-,8,9,10,11,12);2H,1H3/p+1. The van der Waals surface area contributed by atoms with Crippen LogP contribution in [-0.4, -0.2) is 77.5 Å². The van der Waals surface area contributed by atoms with Crippen molar-refractivity contribution in [2.45, 2.75) is 17.8 Å². The lowest BCUT2D eigenvalue weighted by atomic mass is 9.98. The highest BCUT2D eigenvalue weighted by atomic mass is 32.2. The van der Waals surface area contributed by atoms with Crippen LogP contribution in [0.1, 0.15) is 62.8 Å². The van der Waals surface area contributed by atoms with Crippen LogP contribution in [0.4, 0.5) is 0 Å². The maximum Gasteiger partial charge on any atom is 0.305 e. The van der Waals surface area contributed by atoms with Crippen molar-refractivity contribution < 1.29 is 14.6 Å². The van der Waals surface area contributed by atoms with Crippen LogP contribution in [0.25, 0.3) is 33.4 Å². The number of nitrogens with zero attached hydrogens (tertiary/aromatic N) is 3. The van der Waals surface area contributed by atoms with E-state index < -0.39 is 0 Å². The number of thioether (sulfide) groups is 1. The molecule has 0 amide bonds. The number of aliphatic hydroxyl groups is 1. The summed E-state index contributed by atoms with van der Waals surface area (Å²) in [6.45, 7) is 1.33. The van der Waals surface area contributed by atoms with Crippen molar-refractivity contribution in [1.82, 2.24) is 25.3 Å². The summed E-state index contributed by atoms with van der Waals surface area (Å²) in [6.07, 6.45) is 14.7. The Balaban J connectivity index is 0.000000127. The van der Waals surface area contributed by atoms with Gasteiger partial charge in [-0.05, 0) is 116 Å². The highest BCUT2D eigenvalue weighted by molar-refractivity contribution is 8.22. The number of thiocarbonyl (C=S) groups is 3. The minimum atomic E-state index is 0.164. The molecule has 3 heterocycles. The maximum absolute atomic E-state index is 9.46. The number of amidine groups is 1. The van der Waals surface area contributed by atoms with Crippen LogP contribution in [-0.2, 0) is 9.47 Å². The van der Waals surface area contributed by atoms with Crippen molar-refractivity contribution in [2.75, 3.05) is 32.3 Å². The number of benzene rings is 6. The average Bonchev–Trinajstić information content (AvgIpc) is 4.31. The van der Waals surface area contributed by atoms with Gasteiger partial charge in [-0.25, -0.2) is 15.3 Å². The molecule has 4 N–H and O–H groups in total. The summed E-state index contributed by atoms with van der Waals surface area (Å²) in [6, 6.07) is 50.7. The lowest BCUT2D eigenvalue weighted by molar-refractivity contribution is 0.282. The van der Waals surface area contributed by atoms with Crippen molar-refractivity contribution in [1.29, 1.82) is 0 Å². The SMILES string of the molecule is CS.CSC(=S)OCC1c2ccccc2-c2ccccc21.OCC1c2ccccc2-c2ccccc21.S=C(C1=N[C+]=CN1)c1ncc[nH]1.S=C(OCC1c2ccccc2-c2ccccc21)c1ncc[nH]1. The quantitative estimate of drug-likeness (QED) is 0.0436. The monoisotopic (exact) mass is 1010 g/mol. The van der Waals surface area contributed by atoms with E-state index in [4.69, 9.17) is 46.1 Å². The van der Waals surface area contributed by atoms with E-state index in [1.165, 1.54) is 78.5 Å². The molecule has 70 heavy (non-hydrogen) atoms. The molecular formula is C56H49N6O3S5+. The van der Waals surface area contributed by atoms with Crippen molar-refractivity contribution in [3.63, 3.8) is 0 Å². The van der Waals surface area contributed by atoms with Gasteiger partial charge in [0.2, 0.25) is 20.5 Å². The summed E-state index contributed by atoms with van der Waals surface area (Å²) in [5.41, 5.74) is 15.5. The van der Waals surface area contributed by atoms with Gasteiger partial charge in [-0.15, -0.1) is 0 Å². The zero-order valence-electron chi connectivity index (χ0n) is 38.3. The van der Waals surface area contributed by atoms with Crippen LogP contribution < -0.4 is 5.32 Å². The van der Waals surface area contributed by atoms with Crippen molar-refractivity contribution in [2.24, 2.45) is 4.99 Å². The van der Waals surface area contributed by atoms with E-state index in [1.54, 1.807) is 37.2 Å². The number of nitrogens with one attached hydrogen (secondary N) is 3. The van der Waals surface area contributed by atoms with Gasteiger partial charge in [0.05, 0.1) is 6.61 Å². The molecule has 0 spiro atoms. The molecule has 6 aromatic carbocycles. The van der Waals surface area contributed by atoms with Crippen LogP contribution >= 0.6 is 61.0 Å². The Morgan fingerprint density at radius 3 is 1.29 bits per heavy atom. The van der Waals surface area contributed by atoms with Gasteiger partial charge in [-0.1, -0.05) is 157 Å². The third-order valence-corrected chi connectivity index (χ3v) is 13.8. The Morgan fingerprint density at radius 1 is 0.571 bits per heavy atom. The molecule has 0 saturated heterocycles. The molecular weight excluding hydrogens is 965 g/mol. The molecule has 350 valence electrons. The number of imidazole rings is 2. The van der Waals surface area contributed by atoms with Gasteiger partial charge in [-0.2, -0.15) is 12.6 Å². The van der Waals surface area contributed by atoms with E-state index in [0.29, 0.717) is 45.0 Å². The molecule has 0 atom stereocenters. The number of ether oxygens (including phenoxy) is 2. The summed E-state index contributed by atoms with van der Waals surface area (Å²) in [5, 5.41) is 12.7. The lowest BCUT2D eigenvalue weighted by Crippen LogP contribution is -2.24. The van der Waals surface area contributed by atoms with E-state index in [1.807, 2.05) is 18.4 Å². The fourth-order valence-corrected chi connectivity index (χ4v) is 9.65. The first-order valence-electron chi connectivity index (χ1n) is 22.4. The number of aliphatic imine (C=N–C) groups is 1. The highest BCUT2D eigenvalue weighted by Crippen LogP contribution is 2.46. The van der Waals surface area contributed by atoms with Crippen LogP contribution in [0.3, 0.4) is 0 Å². The maximum atomic E-state index is 9.46. The van der Waals surface area contributed by atoms with Gasteiger partial charge in [-0.3, -0.25) is 0 Å². The fourth-order valence-electron chi connectivity index (χ4n) is 9.00. The number of hydrogen-bond acceptors (Lipinski definition) is 12. The van der Waals surface area contributed by atoms with Crippen LogP contribution in [0.5, 0.6) is 0 Å². The molecule has 1 aliphatic heterocycles. The third-order valence-electron chi connectivity index (χ3n) is 12.1. The summed E-state index contributed by atoms with van der Waals surface area (Å²) < 4.78 is 12.1. The summed E-state index contributed by atoms with van der Waals surface area (Å²) in [5.74, 6) is 2.53. The summed E-state index contributed by atoms with van der Waals surface area (Å²) in [7, 11) is 0. The van der Waals surface area contributed by atoms with Gasteiger partial charge >= 0.3 is 5.84 Å². The smallest absolute Gasteiger partial charge is 0.305 e. The number of aromatic amines is 2. The van der Waals surface area contributed by atoms with E-state index in [9.17, 15) is 5.11 Å². The number of aromatic nitrogens is 4. The zero-order valence-corrected chi connectivity index (χ0v) is 42.4. The lowest BCUT2D eigenvalue weighted by Gasteiger charge is -2.14. The van der Waals surface area contributed by atoms with Crippen LogP contribution in [0.15, 0.2) is 182 Å². The van der Waals surface area contributed by atoms with E-state index in [2.05, 4.69) is 183 Å². The van der Waals surface area contributed by atoms with Gasteiger partial charge in [0.25, 0.3) is 0 Å². The molecule has 0 unspecified atom stereocenters. The number of thiol groups is 1. The molecule has 0 radical (unpaired) electrons. The predicted molar refractivity (Wildman–Crippen MR) is 300 cm³/mol. The number of hydrogen-bond donors (Lipinski definition) is 5. The second-order valence-electron chi connectivity index (χ2n) is 15.8. The van der Waals surface area contributed by atoms with Gasteiger partial charge < -0.3 is 24.5 Å². The minimum absolute atomic E-state index is 0.164.